The number of phenols is 1. The van der Waals surface area contributed by atoms with Gasteiger partial charge in [-0.1, -0.05) is 55.0 Å². The van der Waals surface area contributed by atoms with Gasteiger partial charge in [0.05, 0.1) is 6.10 Å². The molecule has 0 aliphatic carbocycles. The first kappa shape index (κ1) is 20.7. The third kappa shape index (κ3) is 4.38. The molecule has 2 N–H and O–H groups in total. The smallest absolute Gasteiger partial charge is 0.429 e. The van der Waals surface area contributed by atoms with Crippen LogP contribution >= 0.6 is 0 Å². The molecule has 1 atom stereocenters. The van der Waals surface area contributed by atoms with Crippen molar-refractivity contribution in [1.82, 2.24) is 0 Å². The fourth-order valence-electron chi connectivity index (χ4n) is 2.96. The number of aromatic hydroxyl groups is 1. The van der Waals surface area contributed by atoms with Crippen LogP contribution in [0.3, 0.4) is 0 Å². The first-order valence-electron chi connectivity index (χ1n) is 9.16. The summed E-state index contributed by atoms with van der Waals surface area (Å²) in [6, 6.07) is 15.6. The molecule has 152 valence electrons. The Labute approximate surface area is 167 Å². The topological polar surface area (TPSA) is 49.7 Å². The van der Waals surface area contributed by atoms with Crippen molar-refractivity contribution in [3.05, 3.63) is 83.2 Å². The number of phenolic OH excluding ortho intramolecular Hbond substituents is 1. The Morgan fingerprint density at radius 2 is 1.48 bits per heavy atom. The Morgan fingerprint density at radius 1 is 0.931 bits per heavy atom. The van der Waals surface area contributed by atoms with E-state index >= 15 is 0 Å². The first-order chi connectivity index (χ1) is 13.7. The van der Waals surface area contributed by atoms with E-state index in [1.807, 2.05) is 31.2 Å². The molecule has 3 aromatic carbocycles. The standard InChI is InChI=1S/C23H21F3O3/c1-3-20(27)18-12-13-19(21(24)22(18)28)23(25,26)29-17-10-8-16(9-11-17)15-6-4-14(2)5-7-15/h4-13,20,27-28H,3H2,1-2H3. The first-order valence-corrected chi connectivity index (χ1v) is 9.16. The van der Waals surface area contributed by atoms with E-state index in [-0.39, 0.29) is 17.7 Å². The number of aliphatic hydroxyl groups is 1. The van der Waals surface area contributed by atoms with E-state index < -0.39 is 29.3 Å². The zero-order valence-electron chi connectivity index (χ0n) is 16.0. The Balaban J connectivity index is 1.84. The molecule has 0 aromatic heterocycles. The maximum atomic E-state index is 14.5. The van der Waals surface area contributed by atoms with Gasteiger partial charge in [-0.3, -0.25) is 0 Å². The summed E-state index contributed by atoms with van der Waals surface area (Å²) in [5, 5.41) is 19.6. The maximum Gasteiger partial charge on any atom is 0.429 e. The van der Waals surface area contributed by atoms with Crippen molar-refractivity contribution >= 4 is 0 Å². The van der Waals surface area contributed by atoms with E-state index in [0.717, 1.165) is 28.8 Å². The normalized spacial score (nSPS) is 12.6. The molecule has 6 heteroatoms. The minimum atomic E-state index is -4.01. The van der Waals surface area contributed by atoms with Crippen LogP contribution in [-0.4, -0.2) is 10.2 Å². The molecule has 0 fully saturated rings. The van der Waals surface area contributed by atoms with Crippen LogP contribution in [0.25, 0.3) is 11.1 Å². The van der Waals surface area contributed by atoms with Crippen molar-refractivity contribution in [2.45, 2.75) is 32.5 Å². The van der Waals surface area contributed by atoms with Gasteiger partial charge in [-0.15, -0.1) is 0 Å². The Morgan fingerprint density at radius 3 is 2.03 bits per heavy atom. The lowest BCUT2D eigenvalue weighted by molar-refractivity contribution is -0.187. The molecule has 0 saturated heterocycles. The number of ether oxygens (including phenoxy) is 1. The van der Waals surface area contributed by atoms with Gasteiger partial charge in [-0.2, -0.15) is 8.78 Å². The van der Waals surface area contributed by atoms with E-state index in [2.05, 4.69) is 0 Å². The second-order valence-electron chi connectivity index (χ2n) is 6.80. The van der Waals surface area contributed by atoms with Crippen molar-refractivity contribution in [2.75, 3.05) is 0 Å². The number of hydrogen-bond acceptors (Lipinski definition) is 3. The maximum absolute atomic E-state index is 14.5. The molecule has 0 bridgehead atoms. The lowest BCUT2D eigenvalue weighted by Crippen LogP contribution is -2.23. The summed E-state index contributed by atoms with van der Waals surface area (Å²) < 4.78 is 48.1. The van der Waals surface area contributed by atoms with Crippen molar-refractivity contribution in [2.24, 2.45) is 0 Å². The van der Waals surface area contributed by atoms with Crippen molar-refractivity contribution < 1.29 is 28.1 Å². The van der Waals surface area contributed by atoms with Gasteiger partial charge in [0.2, 0.25) is 0 Å². The number of rotatable bonds is 6. The van der Waals surface area contributed by atoms with Gasteiger partial charge in [0.1, 0.15) is 11.3 Å². The third-order valence-electron chi connectivity index (χ3n) is 4.69. The molecule has 0 spiro atoms. The molecule has 0 aliphatic heterocycles. The highest BCUT2D eigenvalue weighted by Gasteiger charge is 2.39. The van der Waals surface area contributed by atoms with Crippen molar-refractivity contribution in [3.8, 4) is 22.6 Å². The van der Waals surface area contributed by atoms with E-state index in [9.17, 15) is 23.4 Å². The molecule has 0 amide bonds. The molecule has 0 aliphatic rings. The molecule has 0 radical (unpaired) electrons. The molecule has 3 aromatic rings. The number of benzene rings is 3. The third-order valence-corrected chi connectivity index (χ3v) is 4.69. The summed E-state index contributed by atoms with van der Waals surface area (Å²) in [5.74, 6) is -2.67. The molecule has 1 unspecified atom stereocenters. The minimum absolute atomic E-state index is 0.146. The highest BCUT2D eigenvalue weighted by molar-refractivity contribution is 5.64. The van der Waals surface area contributed by atoms with Crippen LogP contribution in [0.5, 0.6) is 11.5 Å². The van der Waals surface area contributed by atoms with E-state index in [4.69, 9.17) is 4.74 Å². The molecular weight excluding hydrogens is 381 g/mol. The summed E-state index contributed by atoms with van der Waals surface area (Å²) in [4.78, 5) is 0. The highest BCUT2D eigenvalue weighted by Crippen LogP contribution is 2.39. The van der Waals surface area contributed by atoms with Crippen molar-refractivity contribution in [1.29, 1.82) is 0 Å². The van der Waals surface area contributed by atoms with Crippen LogP contribution < -0.4 is 4.74 Å². The van der Waals surface area contributed by atoms with Gasteiger partial charge < -0.3 is 14.9 Å². The van der Waals surface area contributed by atoms with Crippen LogP contribution in [0.15, 0.2) is 60.7 Å². The van der Waals surface area contributed by atoms with Crippen LogP contribution in [0.2, 0.25) is 0 Å². The predicted molar refractivity (Wildman–Crippen MR) is 104 cm³/mol. The van der Waals surface area contributed by atoms with Gasteiger partial charge in [0.25, 0.3) is 0 Å². The fraction of sp³-hybridized carbons (Fsp3) is 0.217. The lowest BCUT2D eigenvalue weighted by Gasteiger charge is -2.21. The average Bonchev–Trinajstić information content (AvgIpc) is 2.70. The molecule has 3 nitrogen and oxygen atoms in total. The average molecular weight is 402 g/mol. The number of halogens is 3. The van der Waals surface area contributed by atoms with E-state index in [1.165, 1.54) is 12.1 Å². The van der Waals surface area contributed by atoms with Crippen LogP contribution in [0.1, 0.15) is 36.1 Å². The molecular formula is C23H21F3O3. The van der Waals surface area contributed by atoms with Gasteiger partial charge in [-0.05, 0) is 42.7 Å². The second kappa shape index (κ2) is 8.17. The molecule has 0 saturated carbocycles. The number of aliphatic hydroxyl groups excluding tert-OH is 1. The number of hydrogen-bond donors (Lipinski definition) is 2. The predicted octanol–water partition coefficient (Wildman–Crippen LogP) is 6.08. The van der Waals surface area contributed by atoms with E-state index in [0.29, 0.717) is 0 Å². The Hall–Kier alpha value is -2.99. The SMILES string of the molecule is CCC(O)c1ccc(C(F)(F)Oc2ccc(-c3ccc(C)cc3)cc2)c(F)c1O. The summed E-state index contributed by atoms with van der Waals surface area (Å²) in [5.41, 5.74) is 1.60. The highest BCUT2D eigenvalue weighted by atomic mass is 19.3. The zero-order chi connectivity index (χ0) is 21.2. The Kier molecular flexibility index (Phi) is 5.84. The lowest BCUT2D eigenvalue weighted by atomic mass is 10.0. The molecule has 29 heavy (non-hydrogen) atoms. The van der Waals surface area contributed by atoms with Gasteiger partial charge in [0, 0.05) is 5.56 Å². The molecule has 0 heterocycles. The fourth-order valence-corrected chi connectivity index (χ4v) is 2.96. The molecule has 3 rings (SSSR count). The van der Waals surface area contributed by atoms with Crippen LogP contribution in [0.4, 0.5) is 13.2 Å². The number of alkyl halides is 2. The van der Waals surface area contributed by atoms with Crippen molar-refractivity contribution in [3.63, 3.8) is 0 Å². The largest absolute Gasteiger partial charge is 0.505 e. The Bertz CT molecular complexity index is 983. The zero-order valence-corrected chi connectivity index (χ0v) is 16.0. The van der Waals surface area contributed by atoms with Gasteiger partial charge in [-0.25, -0.2) is 4.39 Å². The summed E-state index contributed by atoms with van der Waals surface area (Å²) in [6.07, 6.45) is -4.96. The summed E-state index contributed by atoms with van der Waals surface area (Å²) in [6.45, 7) is 3.59. The van der Waals surface area contributed by atoms with Gasteiger partial charge in [0.15, 0.2) is 11.6 Å². The summed E-state index contributed by atoms with van der Waals surface area (Å²) >= 11 is 0. The monoisotopic (exact) mass is 402 g/mol. The minimum Gasteiger partial charge on any atom is -0.505 e. The van der Waals surface area contributed by atoms with Crippen LogP contribution in [0, 0.1) is 12.7 Å². The van der Waals surface area contributed by atoms with Crippen LogP contribution in [-0.2, 0) is 6.11 Å². The quantitative estimate of drug-likeness (QED) is 0.525. The van der Waals surface area contributed by atoms with E-state index in [1.54, 1.807) is 19.1 Å². The second-order valence-corrected chi connectivity index (χ2v) is 6.80. The van der Waals surface area contributed by atoms with Gasteiger partial charge >= 0.3 is 6.11 Å². The summed E-state index contributed by atoms with van der Waals surface area (Å²) in [7, 11) is 0. The number of aryl methyl sites for hydroxylation is 1.